The van der Waals surface area contributed by atoms with E-state index in [-0.39, 0.29) is 5.91 Å². The molecule has 0 saturated carbocycles. The Kier molecular flexibility index (Phi) is 3.97. The van der Waals surface area contributed by atoms with Crippen molar-refractivity contribution in [3.8, 4) is 5.75 Å². The summed E-state index contributed by atoms with van der Waals surface area (Å²) in [5.41, 5.74) is 6.80. The molecule has 0 aliphatic rings. The van der Waals surface area contributed by atoms with Crippen LogP contribution in [0.3, 0.4) is 0 Å². The Balaban J connectivity index is 2.91. The van der Waals surface area contributed by atoms with Crippen LogP contribution in [0.4, 0.5) is 5.69 Å². The summed E-state index contributed by atoms with van der Waals surface area (Å²) in [5, 5.41) is 2.72. The minimum atomic E-state index is -0.113. The Bertz CT molecular complexity index is 350. The Hall–Kier alpha value is -1.71. The molecule has 0 unspecified atom stereocenters. The zero-order valence-corrected chi connectivity index (χ0v) is 9.04. The van der Waals surface area contributed by atoms with Gasteiger partial charge in [-0.05, 0) is 32.0 Å². The van der Waals surface area contributed by atoms with Crippen LogP contribution in [-0.4, -0.2) is 19.1 Å². The molecule has 0 aliphatic heterocycles. The fourth-order valence-corrected chi connectivity index (χ4v) is 1.22. The zero-order chi connectivity index (χ0) is 11.3. The van der Waals surface area contributed by atoms with Crippen LogP contribution in [0.15, 0.2) is 18.2 Å². The molecule has 15 heavy (non-hydrogen) atoms. The maximum Gasteiger partial charge on any atom is 0.251 e. The molecule has 4 heteroatoms. The molecule has 1 aromatic rings. The van der Waals surface area contributed by atoms with Gasteiger partial charge in [0.25, 0.3) is 5.91 Å². The lowest BCUT2D eigenvalue weighted by Crippen LogP contribution is -2.22. The number of nitrogens with two attached hydrogens (primary N) is 1. The van der Waals surface area contributed by atoms with E-state index in [2.05, 4.69) is 5.32 Å². The zero-order valence-electron chi connectivity index (χ0n) is 9.04. The molecule has 0 bridgehead atoms. The minimum Gasteiger partial charge on any atom is -0.492 e. The molecular formula is C11H16N2O2. The lowest BCUT2D eigenvalue weighted by molar-refractivity contribution is 0.0955. The van der Waals surface area contributed by atoms with E-state index in [0.29, 0.717) is 30.2 Å². The van der Waals surface area contributed by atoms with Gasteiger partial charge in [0.15, 0.2) is 0 Å². The predicted molar refractivity (Wildman–Crippen MR) is 60.0 cm³/mol. The number of carbonyl (C=O) groups excluding carboxylic acids is 1. The van der Waals surface area contributed by atoms with Gasteiger partial charge in [-0.15, -0.1) is 0 Å². The molecule has 0 saturated heterocycles. The lowest BCUT2D eigenvalue weighted by Gasteiger charge is -2.08. The van der Waals surface area contributed by atoms with Crippen LogP contribution in [-0.2, 0) is 0 Å². The third kappa shape index (κ3) is 2.87. The molecule has 0 spiro atoms. The highest BCUT2D eigenvalue weighted by molar-refractivity contribution is 5.95. The van der Waals surface area contributed by atoms with Crippen molar-refractivity contribution in [3.63, 3.8) is 0 Å². The topological polar surface area (TPSA) is 64.4 Å². The second-order valence-electron chi connectivity index (χ2n) is 3.05. The van der Waals surface area contributed by atoms with Crippen molar-refractivity contribution >= 4 is 11.6 Å². The molecule has 0 radical (unpaired) electrons. The van der Waals surface area contributed by atoms with E-state index in [1.807, 2.05) is 13.8 Å². The molecule has 0 fully saturated rings. The van der Waals surface area contributed by atoms with Gasteiger partial charge in [-0.3, -0.25) is 4.79 Å². The first-order valence-corrected chi connectivity index (χ1v) is 4.99. The number of nitrogens with one attached hydrogen (secondary N) is 1. The molecule has 0 aromatic heterocycles. The van der Waals surface area contributed by atoms with Crippen molar-refractivity contribution in [2.45, 2.75) is 13.8 Å². The van der Waals surface area contributed by atoms with Crippen LogP contribution in [0, 0.1) is 0 Å². The Morgan fingerprint density at radius 2 is 2.20 bits per heavy atom. The number of benzene rings is 1. The second kappa shape index (κ2) is 5.24. The van der Waals surface area contributed by atoms with E-state index < -0.39 is 0 Å². The van der Waals surface area contributed by atoms with Crippen LogP contribution >= 0.6 is 0 Å². The van der Waals surface area contributed by atoms with Gasteiger partial charge in [0.05, 0.1) is 12.3 Å². The van der Waals surface area contributed by atoms with Gasteiger partial charge in [0.2, 0.25) is 0 Å². The number of rotatable bonds is 4. The molecule has 0 heterocycles. The van der Waals surface area contributed by atoms with Crippen LogP contribution < -0.4 is 15.8 Å². The second-order valence-corrected chi connectivity index (χ2v) is 3.05. The fourth-order valence-electron chi connectivity index (χ4n) is 1.22. The van der Waals surface area contributed by atoms with Crippen molar-refractivity contribution in [2.24, 2.45) is 0 Å². The molecule has 0 aliphatic carbocycles. The van der Waals surface area contributed by atoms with Crippen molar-refractivity contribution < 1.29 is 9.53 Å². The van der Waals surface area contributed by atoms with Crippen molar-refractivity contribution in [3.05, 3.63) is 23.8 Å². The van der Waals surface area contributed by atoms with Crippen molar-refractivity contribution in [1.29, 1.82) is 0 Å². The third-order valence-corrected chi connectivity index (χ3v) is 1.91. The third-order valence-electron chi connectivity index (χ3n) is 1.91. The summed E-state index contributed by atoms with van der Waals surface area (Å²) in [7, 11) is 0. The Morgan fingerprint density at radius 3 is 2.80 bits per heavy atom. The van der Waals surface area contributed by atoms with Crippen LogP contribution in [0.25, 0.3) is 0 Å². The summed E-state index contributed by atoms with van der Waals surface area (Å²) in [6, 6.07) is 5.02. The number of hydrogen-bond acceptors (Lipinski definition) is 3. The van der Waals surface area contributed by atoms with Gasteiger partial charge in [-0.1, -0.05) is 0 Å². The van der Waals surface area contributed by atoms with E-state index >= 15 is 0 Å². The molecule has 4 nitrogen and oxygen atoms in total. The standard InChI is InChI=1S/C11H16N2O2/c1-3-13-11(14)8-5-6-9(12)10(7-8)15-4-2/h5-7H,3-4,12H2,1-2H3,(H,13,14). The van der Waals surface area contributed by atoms with Gasteiger partial charge in [-0.25, -0.2) is 0 Å². The maximum absolute atomic E-state index is 11.5. The molecule has 3 N–H and O–H groups in total. The highest BCUT2D eigenvalue weighted by atomic mass is 16.5. The minimum absolute atomic E-state index is 0.113. The van der Waals surface area contributed by atoms with E-state index in [4.69, 9.17) is 10.5 Å². The summed E-state index contributed by atoms with van der Waals surface area (Å²) in [5.74, 6) is 0.444. The first kappa shape index (κ1) is 11.4. The van der Waals surface area contributed by atoms with Gasteiger partial charge in [0, 0.05) is 12.1 Å². The molecule has 0 atom stereocenters. The normalized spacial score (nSPS) is 9.73. The number of ether oxygens (including phenoxy) is 1. The maximum atomic E-state index is 11.5. The molecule has 1 rings (SSSR count). The molecule has 1 aromatic carbocycles. The van der Waals surface area contributed by atoms with Crippen molar-refractivity contribution in [2.75, 3.05) is 18.9 Å². The SMILES string of the molecule is CCNC(=O)c1ccc(N)c(OCC)c1. The fraction of sp³-hybridized carbons (Fsp3) is 0.364. The van der Waals surface area contributed by atoms with Crippen LogP contribution in [0.1, 0.15) is 24.2 Å². The summed E-state index contributed by atoms with van der Waals surface area (Å²) < 4.78 is 5.30. The smallest absolute Gasteiger partial charge is 0.251 e. The first-order chi connectivity index (χ1) is 7.19. The van der Waals surface area contributed by atoms with Gasteiger partial charge in [0.1, 0.15) is 5.75 Å². The number of hydrogen-bond donors (Lipinski definition) is 2. The summed E-state index contributed by atoms with van der Waals surface area (Å²) in [6.07, 6.45) is 0. The van der Waals surface area contributed by atoms with Gasteiger partial charge >= 0.3 is 0 Å². The predicted octanol–water partition coefficient (Wildman–Crippen LogP) is 1.42. The summed E-state index contributed by atoms with van der Waals surface area (Å²) in [6.45, 7) is 4.88. The van der Waals surface area contributed by atoms with Gasteiger partial charge in [-0.2, -0.15) is 0 Å². The van der Waals surface area contributed by atoms with E-state index in [0.717, 1.165) is 0 Å². The van der Waals surface area contributed by atoms with E-state index in [1.165, 1.54) is 0 Å². The van der Waals surface area contributed by atoms with E-state index in [9.17, 15) is 4.79 Å². The Labute approximate surface area is 89.4 Å². The van der Waals surface area contributed by atoms with Crippen LogP contribution in [0.5, 0.6) is 5.75 Å². The first-order valence-electron chi connectivity index (χ1n) is 4.99. The average molecular weight is 208 g/mol. The van der Waals surface area contributed by atoms with Crippen LogP contribution in [0.2, 0.25) is 0 Å². The Morgan fingerprint density at radius 1 is 1.47 bits per heavy atom. The summed E-state index contributed by atoms with van der Waals surface area (Å²) >= 11 is 0. The lowest BCUT2D eigenvalue weighted by atomic mass is 10.2. The molecule has 1 amide bonds. The average Bonchev–Trinajstić information content (AvgIpc) is 2.22. The highest BCUT2D eigenvalue weighted by Gasteiger charge is 2.07. The monoisotopic (exact) mass is 208 g/mol. The van der Waals surface area contributed by atoms with E-state index in [1.54, 1.807) is 18.2 Å². The highest BCUT2D eigenvalue weighted by Crippen LogP contribution is 2.22. The number of amides is 1. The summed E-state index contributed by atoms with van der Waals surface area (Å²) in [4.78, 5) is 11.5. The molecule has 82 valence electrons. The molecular weight excluding hydrogens is 192 g/mol. The largest absolute Gasteiger partial charge is 0.492 e. The van der Waals surface area contributed by atoms with Crippen molar-refractivity contribution in [1.82, 2.24) is 5.32 Å². The van der Waals surface area contributed by atoms with Gasteiger partial charge < -0.3 is 15.8 Å². The quantitative estimate of drug-likeness (QED) is 0.735. The number of nitrogen functional groups attached to an aromatic ring is 1. The number of anilines is 1. The number of carbonyl (C=O) groups is 1.